The van der Waals surface area contributed by atoms with Crippen molar-refractivity contribution >= 4 is 11.9 Å². The van der Waals surface area contributed by atoms with Gasteiger partial charge >= 0.3 is 11.9 Å². The van der Waals surface area contributed by atoms with Gasteiger partial charge in [0.2, 0.25) is 0 Å². The molecule has 16 heavy (non-hydrogen) atoms. The molecule has 1 amide bonds. The van der Waals surface area contributed by atoms with Crippen LogP contribution in [0.2, 0.25) is 0 Å². The number of amides is 1. The van der Waals surface area contributed by atoms with Crippen LogP contribution in [0.4, 0.5) is 0 Å². The predicted octanol–water partition coefficient (Wildman–Crippen LogP) is -0.209. The Kier molecular flexibility index (Phi) is 4.47. The van der Waals surface area contributed by atoms with Gasteiger partial charge in [-0.15, -0.1) is 0 Å². The number of hydrogen-bond acceptors (Lipinski definition) is 3. The van der Waals surface area contributed by atoms with Gasteiger partial charge in [0.25, 0.3) is 0 Å². The van der Waals surface area contributed by atoms with E-state index in [2.05, 4.69) is 5.32 Å². The highest BCUT2D eigenvalue weighted by atomic mass is 16.4. The average molecular weight is 223 g/mol. The summed E-state index contributed by atoms with van der Waals surface area (Å²) in [4.78, 5) is 21.2. The van der Waals surface area contributed by atoms with Crippen molar-refractivity contribution in [3.8, 4) is 0 Å². The quantitative estimate of drug-likeness (QED) is 0.616. The molecule has 1 aromatic carbocycles. The number of carbonyl (C=O) groups excluding carboxylic acids is 1. The summed E-state index contributed by atoms with van der Waals surface area (Å²) in [5.41, 5.74) is 0.923. The Morgan fingerprint density at radius 1 is 1.25 bits per heavy atom. The minimum absolute atomic E-state index is 0.298. The Labute approximate surface area is 92.7 Å². The summed E-state index contributed by atoms with van der Waals surface area (Å²) in [5.74, 6) is -2.65. The molecule has 5 nitrogen and oxygen atoms in total. The zero-order valence-electron chi connectivity index (χ0n) is 8.59. The lowest BCUT2D eigenvalue weighted by Crippen LogP contribution is -2.42. The van der Waals surface area contributed by atoms with Crippen LogP contribution in [0.3, 0.4) is 0 Å². The van der Waals surface area contributed by atoms with E-state index in [0.717, 1.165) is 5.56 Å². The van der Waals surface area contributed by atoms with E-state index in [-0.39, 0.29) is 6.61 Å². The molecule has 0 aliphatic rings. The van der Waals surface area contributed by atoms with Gasteiger partial charge < -0.3 is 15.5 Å². The first-order valence-corrected chi connectivity index (χ1v) is 4.82. The molecule has 0 unspecified atom stereocenters. The largest absolute Gasteiger partial charge is 0.474 e. The highest BCUT2D eigenvalue weighted by Gasteiger charge is 2.16. The molecule has 0 aliphatic carbocycles. The molecule has 3 N–H and O–H groups in total. The third-order valence-corrected chi connectivity index (χ3v) is 2.07. The minimum Gasteiger partial charge on any atom is -0.474 e. The minimum atomic E-state index is -1.55. The van der Waals surface area contributed by atoms with Crippen LogP contribution in [0.25, 0.3) is 0 Å². The van der Waals surface area contributed by atoms with Gasteiger partial charge in [-0.2, -0.15) is 0 Å². The number of carboxylic acid groups (broad SMARTS) is 1. The maximum absolute atomic E-state index is 10.9. The second-order valence-corrected chi connectivity index (χ2v) is 3.35. The molecular weight excluding hydrogens is 210 g/mol. The molecular formula is C11H13NO4. The summed E-state index contributed by atoms with van der Waals surface area (Å²) in [6.07, 6.45) is 0.399. The number of benzene rings is 1. The summed E-state index contributed by atoms with van der Waals surface area (Å²) in [6, 6.07) is 8.63. The third kappa shape index (κ3) is 3.70. The first kappa shape index (κ1) is 12.2. The van der Waals surface area contributed by atoms with Crippen LogP contribution in [0.1, 0.15) is 5.56 Å². The van der Waals surface area contributed by atoms with Gasteiger partial charge in [0, 0.05) is 0 Å². The molecule has 1 rings (SSSR count). The van der Waals surface area contributed by atoms with E-state index in [1.165, 1.54) is 0 Å². The predicted molar refractivity (Wildman–Crippen MR) is 56.8 cm³/mol. The Morgan fingerprint density at radius 3 is 2.38 bits per heavy atom. The van der Waals surface area contributed by atoms with Gasteiger partial charge in [-0.05, 0) is 12.0 Å². The summed E-state index contributed by atoms with van der Waals surface area (Å²) in [5, 5.41) is 19.6. The van der Waals surface area contributed by atoms with Crippen molar-refractivity contribution in [2.45, 2.75) is 12.5 Å². The Morgan fingerprint density at radius 2 is 1.88 bits per heavy atom. The van der Waals surface area contributed by atoms with Crippen LogP contribution in [-0.2, 0) is 16.0 Å². The number of hydrogen-bond donors (Lipinski definition) is 3. The number of aliphatic hydroxyl groups is 1. The molecule has 0 bridgehead atoms. The maximum atomic E-state index is 10.9. The van der Waals surface area contributed by atoms with Crippen molar-refractivity contribution in [3.63, 3.8) is 0 Å². The topological polar surface area (TPSA) is 86.6 Å². The van der Waals surface area contributed by atoms with Crippen LogP contribution in [-0.4, -0.2) is 34.7 Å². The molecule has 86 valence electrons. The number of nitrogens with one attached hydrogen (secondary N) is 1. The van der Waals surface area contributed by atoms with Crippen LogP contribution in [0.5, 0.6) is 0 Å². The fourth-order valence-electron chi connectivity index (χ4n) is 1.31. The lowest BCUT2D eigenvalue weighted by atomic mass is 10.1. The monoisotopic (exact) mass is 223 g/mol. The fourth-order valence-corrected chi connectivity index (χ4v) is 1.31. The van der Waals surface area contributed by atoms with Gasteiger partial charge in [-0.1, -0.05) is 30.3 Å². The van der Waals surface area contributed by atoms with E-state index in [1.54, 1.807) is 0 Å². The number of aliphatic carboxylic acids is 1. The SMILES string of the molecule is O=C(O)C(=O)N[C@@H](CO)Cc1ccccc1. The van der Waals surface area contributed by atoms with Gasteiger partial charge in [0.1, 0.15) is 0 Å². The average Bonchev–Trinajstić information content (AvgIpc) is 2.29. The van der Waals surface area contributed by atoms with Gasteiger partial charge in [-0.3, -0.25) is 4.79 Å². The summed E-state index contributed by atoms with van der Waals surface area (Å²) >= 11 is 0. The van der Waals surface area contributed by atoms with Gasteiger partial charge in [-0.25, -0.2) is 4.79 Å². The smallest absolute Gasteiger partial charge is 0.394 e. The molecule has 0 radical (unpaired) electrons. The number of carboxylic acids is 1. The molecule has 0 spiro atoms. The fraction of sp³-hybridized carbons (Fsp3) is 0.273. The van der Waals surface area contributed by atoms with Crippen LogP contribution >= 0.6 is 0 Å². The molecule has 5 heteroatoms. The lowest BCUT2D eigenvalue weighted by molar-refractivity contribution is -0.150. The molecule has 0 fully saturated rings. The highest BCUT2D eigenvalue weighted by molar-refractivity contribution is 6.31. The molecule has 0 saturated heterocycles. The number of carbonyl (C=O) groups is 2. The van der Waals surface area contributed by atoms with Crippen molar-refractivity contribution < 1.29 is 19.8 Å². The van der Waals surface area contributed by atoms with Gasteiger partial charge in [0.05, 0.1) is 12.6 Å². The molecule has 0 saturated carbocycles. The molecule has 1 aromatic rings. The second-order valence-electron chi connectivity index (χ2n) is 3.35. The third-order valence-electron chi connectivity index (χ3n) is 2.07. The zero-order valence-corrected chi connectivity index (χ0v) is 8.59. The standard InChI is InChI=1S/C11H13NO4/c13-7-9(12-10(14)11(15)16)6-8-4-2-1-3-5-8/h1-5,9,13H,6-7H2,(H,12,14)(H,15,16)/t9-/m1/s1. The van der Waals surface area contributed by atoms with E-state index in [0.29, 0.717) is 6.42 Å². The normalized spacial score (nSPS) is 11.8. The second kappa shape index (κ2) is 5.87. The van der Waals surface area contributed by atoms with Crippen molar-refractivity contribution in [1.29, 1.82) is 0 Å². The van der Waals surface area contributed by atoms with Crippen molar-refractivity contribution in [1.82, 2.24) is 5.32 Å². The molecule has 1 atom stereocenters. The Hall–Kier alpha value is -1.88. The van der Waals surface area contributed by atoms with Crippen molar-refractivity contribution in [2.24, 2.45) is 0 Å². The van der Waals surface area contributed by atoms with Crippen LogP contribution in [0.15, 0.2) is 30.3 Å². The summed E-state index contributed by atoms with van der Waals surface area (Å²) < 4.78 is 0. The van der Waals surface area contributed by atoms with Gasteiger partial charge in [0.15, 0.2) is 0 Å². The zero-order chi connectivity index (χ0) is 12.0. The van der Waals surface area contributed by atoms with Crippen molar-refractivity contribution in [3.05, 3.63) is 35.9 Å². The first-order valence-electron chi connectivity index (χ1n) is 4.82. The highest BCUT2D eigenvalue weighted by Crippen LogP contribution is 2.02. The van der Waals surface area contributed by atoms with E-state index in [9.17, 15) is 9.59 Å². The summed E-state index contributed by atoms with van der Waals surface area (Å²) in [6.45, 7) is -0.298. The van der Waals surface area contributed by atoms with E-state index < -0.39 is 17.9 Å². The van der Waals surface area contributed by atoms with E-state index >= 15 is 0 Å². The molecule has 0 aromatic heterocycles. The Bertz CT molecular complexity index is 364. The van der Waals surface area contributed by atoms with Crippen LogP contribution in [0, 0.1) is 0 Å². The number of aliphatic hydroxyl groups excluding tert-OH is 1. The van der Waals surface area contributed by atoms with Crippen LogP contribution < -0.4 is 5.32 Å². The first-order chi connectivity index (χ1) is 7.63. The van der Waals surface area contributed by atoms with Crippen molar-refractivity contribution in [2.75, 3.05) is 6.61 Å². The lowest BCUT2D eigenvalue weighted by Gasteiger charge is -2.14. The molecule has 0 aliphatic heterocycles. The Balaban J connectivity index is 2.56. The van der Waals surface area contributed by atoms with E-state index in [1.807, 2.05) is 30.3 Å². The van der Waals surface area contributed by atoms with E-state index in [4.69, 9.17) is 10.2 Å². The molecule has 0 heterocycles. The maximum Gasteiger partial charge on any atom is 0.394 e. The number of rotatable bonds is 4. The summed E-state index contributed by atoms with van der Waals surface area (Å²) in [7, 11) is 0.